The maximum Gasteiger partial charge on any atom is 0.194 e. The van der Waals surface area contributed by atoms with Gasteiger partial charge >= 0.3 is 0 Å². The zero-order valence-electron chi connectivity index (χ0n) is 12.7. The first-order chi connectivity index (χ1) is 11.4. The summed E-state index contributed by atoms with van der Waals surface area (Å²) in [5, 5.41) is 3.24. The molecule has 2 aromatic rings. The van der Waals surface area contributed by atoms with Gasteiger partial charge in [0.25, 0.3) is 0 Å². The molecule has 0 aromatic heterocycles. The zero-order chi connectivity index (χ0) is 17.7. The lowest BCUT2D eigenvalue weighted by atomic mass is 10.1. The van der Waals surface area contributed by atoms with Crippen molar-refractivity contribution >= 4 is 23.2 Å². The Morgan fingerprint density at radius 2 is 1.88 bits per heavy atom. The number of guanidine groups is 1. The zero-order valence-corrected chi connectivity index (χ0v) is 13.5. The Morgan fingerprint density at radius 1 is 1.21 bits per heavy atom. The quantitative estimate of drug-likeness (QED) is 0.487. The molecule has 0 atom stereocenters. The fourth-order valence-electron chi connectivity index (χ4n) is 1.99. The maximum atomic E-state index is 13.1. The van der Waals surface area contributed by atoms with Crippen LogP contribution in [-0.2, 0) is 6.42 Å². The van der Waals surface area contributed by atoms with E-state index in [-0.39, 0.29) is 24.5 Å². The Labute approximate surface area is 142 Å². The Bertz CT molecular complexity index is 745. The molecular formula is C16H15ClF3N3O. The molecule has 0 spiro atoms. The van der Waals surface area contributed by atoms with E-state index in [1.165, 1.54) is 7.11 Å². The van der Waals surface area contributed by atoms with Crippen LogP contribution in [-0.4, -0.2) is 19.6 Å². The minimum absolute atomic E-state index is 0.110. The number of nitrogens with one attached hydrogen (secondary N) is 1. The summed E-state index contributed by atoms with van der Waals surface area (Å²) in [6.45, 7) is 0.174. The molecule has 4 nitrogen and oxygen atoms in total. The largest absolute Gasteiger partial charge is 0.495 e. The Balaban J connectivity index is 1.96. The van der Waals surface area contributed by atoms with E-state index < -0.39 is 17.5 Å². The van der Waals surface area contributed by atoms with Crippen molar-refractivity contribution in [3.8, 4) is 5.75 Å². The fourth-order valence-corrected chi connectivity index (χ4v) is 2.25. The molecule has 0 aliphatic rings. The van der Waals surface area contributed by atoms with Gasteiger partial charge in [-0.1, -0.05) is 11.6 Å². The second-order valence-electron chi connectivity index (χ2n) is 4.86. The van der Waals surface area contributed by atoms with Crippen LogP contribution in [0.4, 0.5) is 18.9 Å². The van der Waals surface area contributed by atoms with Gasteiger partial charge in [0.15, 0.2) is 23.4 Å². The van der Waals surface area contributed by atoms with E-state index in [9.17, 15) is 13.2 Å². The highest BCUT2D eigenvalue weighted by molar-refractivity contribution is 6.32. The molecule has 3 N–H and O–H groups in total. The highest BCUT2D eigenvalue weighted by atomic mass is 35.5. The summed E-state index contributed by atoms with van der Waals surface area (Å²) < 4.78 is 44.1. The minimum atomic E-state index is -1.49. The molecule has 8 heteroatoms. The van der Waals surface area contributed by atoms with E-state index in [1.54, 1.807) is 18.2 Å². The van der Waals surface area contributed by atoms with Gasteiger partial charge in [-0.25, -0.2) is 13.2 Å². The van der Waals surface area contributed by atoms with Crippen LogP contribution < -0.4 is 15.8 Å². The van der Waals surface area contributed by atoms with Crippen molar-refractivity contribution in [2.45, 2.75) is 6.42 Å². The third-order valence-electron chi connectivity index (χ3n) is 3.15. The minimum Gasteiger partial charge on any atom is -0.495 e. The van der Waals surface area contributed by atoms with Gasteiger partial charge in [-0.2, -0.15) is 0 Å². The summed E-state index contributed by atoms with van der Waals surface area (Å²) in [5.41, 5.74) is 6.63. The molecule has 0 aliphatic heterocycles. The van der Waals surface area contributed by atoms with Crippen molar-refractivity contribution in [3.05, 3.63) is 58.4 Å². The van der Waals surface area contributed by atoms with Crippen LogP contribution in [0, 0.1) is 17.5 Å². The van der Waals surface area contributed by atoms with Crippen LogP contribution in [0.1, 0.15) is 5.56 Å². The Kier molecular flexibility index (Phi) is 5.92. The van der Waals surface area contributed by atoms with Crippen LogP contribution >= 0.6 is 11.6 Å². The van der Waals surface area contributed by atoms with Gasteiger partial charge in [-0.05, 0) is 42.3 Å². The molecule has 0 amide bonds. The number of rotatable bonds is 5. The van der Waals surface area contributed by atoms with E-state index in [4.69, 9.17) is 22.1 Å². The molecule has 0 saturated heterocycles. The molecule has 128 valence electrons. The van der Waals surface area contributed by atoms with Crippen molar-refractivity contribution in [2.75, 3.05) is 19.0 Å². The first-order valence-corrected chi connectivity index (χ1v) is 7.32. The first-order valence-electron chi connectivity index (χ1n) is 6.94. The number of methoxy groups -OCH3 is 1. The van der Waals surface area contributed by atoms with Crippen LogP contribution in [0.15, 0.2) is 35.3 Å². The summed E-state index contributed by atoms with van der Waals surface area (Å²) in [6.07, 6.45) is 0.208. The van der Waals surface area contributed by atoms with Crippen LogP contribution in [0.3, 0.4) is 0 Å². The van der Waals surface area contributed by atoms with Gasteiger partial charge in [0.1, 0.15) is 5.75 Å². The van der Waals surface area contributed by atoms with Crippen molar-refractivity contribution in [1.29, 1.82) is 0 Å². The van der Waals surface area contributed by atoms with E-state index in [1.807, 2.05) is 0 Å². The molecule has 2 rings (SSSR count). The summed E-state index contributed by atoms with van der Waals surface area (Å²) in [6, 6.07) is 6.86. The molecule has 2 aromatic carbocycles. The Hall–Kier alpha value is -2.41. The Morgan fingerprint density at radius 3 is 2.46 bits per heavy atom. The smallest absolute Gasteiger partial charge is 0.194 e. The number of benzene rings is 2. The number of ether oxygens (including phenoxy) is 1. The maximum absolute atomic E-state index is 13.1. The van der Waals surface area contributed by atoms with E-state index in [0.29, 0.717) is 16.5 Å². The van der Waals surface area contributed by atoms with Gasteiger partial charge in [-0.3, -0.25) is 4.99 Å². The highest BCUT2D eigenvalue weighted by Crippen LogP contribution is 2.27. The number of nitrogens with zero attached hydrogens (tertiary/aromatic N) is 1. The third-order valence-corrected chi connectivity index (χ3v) is 3.45. The second-order valence-corrected chi connectivity index (χ2v) is 5.27. The summed E-state index contributed by atoms with van der Waals surface area (Å²) in [7, 11) is 1.51. The average Bonchev–Trinajstić information content (AvgIpc) is 2.52. The van der Waals surface area contributed by atoms with Gasteiger partial charge in [0.05, 0.1) is 12.1 Å². The molecule has 0 unspecified atom stereocenters. The summed E-state index contributed by atoms with van der Waals surface area (Å²) in [5.74, 6) is -3.31. The lowest BCUT2D eigenvalue weighted by molar-refractivity contribution is 0.415. The molecule has 0 saturated carbocycles. The molecule has 0 radical (unpaired) electrons. The second kappa shape index (κ2) is 7.92. The van der Waals surface area contributed by atoms with Gasteiger partial charge in [0.2, 0.25) is 0 Å². The van der Waals surface area contributed by atoms with E-state index in [0.717, 1.165) is 12.1 Å². The lowest BCUT2D eigenvalue weighted by Gasteiger charge is -2.08. The molecule has 0 bridgehead atoms. The number of halogens is 4. The summed E-state index contributed by atoms with van der Waals surface area (Å²) >= 11 is 5.99. The number of hydrogen-bond donors (Lipinski definition) is 2. The number of hydrogen-bond acceptors (Lipinski definition) is 2. The van der Waals surface area contributed by atoms with Gasteiger partial charge < -0.3 is 15.8 Å². The number of aliphatic imine (C=N–C) groups is 1. The molecule has 0 aliphatic carbocycles. The van der Waals surface area contributed by atoms with Crippen molar-refractivity contribution < 1.29 is 17.9 Å². The van der Waals surface area contributed by atoms with E-state index in [2.05, 4.69) is 10.3 Å². The molecule has 24 heavy (non-hydrogen) atoms. The lowest BCUT2D eigenvalue weighted by Crippen LogP contribution is -2.23. The molecule has 0 heterocycles. The normalized spacial score (nSPS) is 11.5. The predicted molar refractivity (Wildman–Crippen MR) is 88.1 cm³/mol. The van der Waals surface area contributed by atoms with Gasteiger partial charge in [0, 0.05) is 12.2 Å². The average molecular weight is 358 g/mol. The van der Waals surface area contributed by atoms with Crippen LogP contribution in [0.5, 0.6) is 5.75 Å². The van der Waals surface area contributed by atoms with E-state index >= 15 is 0 Å². The number of nitrogens with two attached hydrogens (primary N) is 1. The topological polar surface area (TPSA) is 59.6 Å². The standard InChI is InChI=1S/C16H15ClF3N3O/c1-24-14-3-2-10(8-11(14)17)23-16(21)22-5-4-9-6-12(18)15(20)13(19)7-9/h2-3,6-8H,4-5H2,1H3,(H3,21,22,23). The first kappa shape index (κ1) is 17.9. The van der Waals surface area contributed by atoms with Crippen LogP contribution in [0.25, 0.3) is 0 Å². The SMILES string of the molecule is COc1ccc(NC(N)=NCCc2cc(F)c(F)c(F)c2)cc1Cl. The number of anilines is 1. The highest BCUT2D eigenvalue weighted by Gasteiger charge is 2.10. The van der Waals surface area contributed by atoms with Crippen molar-refractivity contribution in [2.24, 2.45) is 10.7 Å². The predicted octanol–water partition coefficient (Wildman–Crippen LogP) is 3.74. The molecular weight excluding hydrogens is 343 g/mol. The fraction of sp³-hybridized carbons (Fsp3) is 0.188. The summed E-state index contributed by atoms with van der Waals surface area (Å²) in [4.78, 5) is 4.04. The van der Waals surface area contributed by atoms with Crippen molar-refractivity contribution in [3.63, 3.8) is 0 Å². The van der Waals surface area contributed by atoms with Crippen molar-refractivity contribution in [1.82, 2.24) is 0 Å². The monoisotopic (exact) mass is 357 g/mol. The third kappa shape index (κ3) is 4.55. The van der Waals surface area contributed by atoms with Crippen LogP contribution in [0.2, 0.25) is 5.02 Å². The van der Waals surface area contributed by atoms with Gasteiger partial charge in [-0.15, -0.1) is 0 Å². The molecule has 0 fully saturated rings.